The monoisotopic (exact) mass is 928 g/mol. The van der Waals surface area contributed by atoms with E-state index in [9.17, 15) is 19.8 Å². The molecule has 1 amide bonds. The van der Waals surface area contributed by atoms with Crippen LogP contribution in [0.25, 0.3) is 0 Å². The van der Waals surface area contributed by atoms with E-state index in [-0.39, 0.29) is 24.9 Å². The Labute approximate surface area is 411 Å². The van der Waals surface area contributed by atoms with Gasteiger partial charge in [0.15, 0.2) is 0 Å². The second kappa shape index (κ2) is 54.0. The molecule has 0 heterocycles. The number of rotatable bonds is 53. The average molecular weight is 929 g/mol. The van der Waals surface area contributed by atoms with E-state index in [4.69, 9.17) is 4.74 Å². The molecule has 388 valence electrons. The first-order chi connectivity index (χ1) is 32.5. The first-order valence-corrected chi connectivity index (χ1v) is 29.2. The molecule has 0 aromatic carbocycles. The van der Waals surface area contributed by atoms with Gasteiger partial charge in [-0.05, 0) is 77.0 Å². The third-order valence-electron chi connectivity index (χ3n) is 13.5. The van der Waals surface area contributed by atoms with E-state index in [0.29, 0.717) is 19.3 Å². The Morgan fingerprint density at radius 2 is 0.773 bits per heavy atom. The number of aliphatic hydroxyl groups excluding tert-OH is 2. The molecule has 0 rings (SSSR count). The van der Waals surface area contributed by atoms with E-state index in [1.165, 1.54) is 186 Å². The molecule has 0 aliphatic carbocycles. The minimum absolute atomic E-state index is 0.0637. The van der Waals surface area contributed by atoms with Crippen molar-refractivity contribution < 1.29 is 24.5 Å². The van der Waals surface area contributed by atoms with Crippen LogP contribution >= 0.6 is 0 Å². The van der Waals surface area contributed by atoms with Crippen molar-refractivity contribution in [2.45, 2.75) is 328 Å². The summed E-state index contributed by atoms with van der Waals surface area (Å²) in [4.78, 5) is 26.3. The van der Waals surface area contributed by atoms with Crippen LogP contribution in [-0.2, 0) is 14.3 Å². The van der Waals surface area contributed by atoms with Gasteiger partial charge in [0.1, 0.15) is 6.10 Å². The molecule has 0 aromatic heterocycles. The number of allylic oxidation sites excluding steroid dienone is 6. The van der Waals surface area contributed by atoms with Crippen molar-refractivity contribution in [1.82, 2.24) is 5.32 Å². The summed E-state index contributed by atoms with van der Waals surface area (Å²) >= 11 is 0. The van der Waals surface area contributed by atoms with Gasteiger partial charge < -0.3 is 20.3 Å². The van der Waals surface area contributed by atoms with Gasteiger partial charge in [0.2, 0.25) is 5.91 Å². The fraction of sp³-hybridized carbons (Fsp3) is 0.867. The molecule has 0 saturated carbocycles. The predicted molar refractivity (Wildman–Crippen MR) is 287 cm³/mol. The molecule has 0 spiro atoms. The smallest absolute Gasteiger partial charge is 0.306 e. The van der Waals surface area contributed by atoms with E-state index in [1.54, 1.807) is 0 Å². The number of ether oxygens (including phenoxy) is 1. The van der Waals surface area contributed by atoms with Gasteiger partial charge in [-0.3, -0.25) is 9.59 Å². The summed E-state index contributed by atoms with van der Waals surface area (Å²) in [5.41, 5.74) is 0. The number of nitrogens with one attached hydrogen (secondary N) is 1. The number of aliphatic hydroxyl groups is 2. The van der Waals surface area contributed by atoms with Gasteiger partial charge in [0.25, 0.3) is 0 Å². The zero-order valence-corrected chi connectivity index (χ0v) is 44.3. The second-order valence-corrected chi connectivity index (χ2v) is 20.1. The lowest BCUT2D eigenvalue weighted by Gasteiger charge is -2.24. The number of esters is 1. The topological polar surface area (TPSA) is 95.9 Å². The van der Waals surface area contributed by atoms with Crippen molar-refractivity contribution in [3.05, 3.63) is 36.5 Å². The maximum atomic E-state index is 13.3. The maximum absolute atomic E-state index is 13.3. The Balaban J connectivity index is 4.59. The highest BCUT2D eigenvalue weighted by Crippen LogP contribution is 2.18. The van der Waals surface area contributed by atoms with E-state index in [2.05, 4.69) is 62.5 Å². The van der Waals surface area contributed by atoms with Crippen LogP contribution in [0.3, 0.4) is 0 Å². The Bertz CT molecular complexity index is 1090. The van der Waals surface area contributed by atoms with Crippen molar-refractivity contribution in [2.75, 3.05) is 6.61 Å². The van der Waals surface area contributed by atoms with E-state index < -0.39 is 18.2 Å². The fourth-order valence-corrected chi connectivity index (χ4v) is 9.01. The lowest BCUT2D eigenvalue weighted by Crippen LogP contribution is -2.46. The predicted octanol–water partition coefficient (Wildman–Crippen LogP) is 18.0. The normalized spacial score (nSPS) is 13.3. The summed E-state index contributed by atoms with van der Waals surface area (Å²) in [5.74, 6) is -0.493. The lowest BCUT2D eigenvalue weighted by atomic mass is 10.0. The second-order valence-electron chi connectivity index (χ2n) is 20.1. The van der Waals surface area contributed by atoms with Crippen LogP contribution in [0.5, 0.6) is 0 Å². The minimum atomic E-state index is -0.793. The van der Waals surface area contributed by atoms with Gasteiger partial charge in [-0.2, -0.15) is 0 Å². The van der Waals surface area contributed by atoms with Crippen LogP contribution in [0.4, 0.5) is 0 Å². The molecule has 3 N–H and O–H groups in total. The highest BCUT2D eigenvalue weighted by molar-refractivity contribution is 5.77. The molecule has 0 aliphatic heterocycles. The minimum Gasteiger partial charge on any atom is -0.462 e. The SMILES string of the molecule is CCCCCCCCC/C=C/C=C/CCCCCCCC(=O)OC(CCCCC/C=C/CCCCCCCCCCC)CC(=O)NC(CO)C(O)CCCCCCCCCCCCCCC. The first kappa shape index (κ1) is 64.1. The van der Waals surface area contributed by atoms with E-state index in [1.807, 2.05) is 0 Å². The summed E-state index contributed by atoms with van der Waals surface area (Å²) in [7, 11) is 0. The van der Waals surface area contributed by atoms with Crippen LogP contribution in [-0.4, -0.2) is 46.9 Å². The molecule has 6 nitrogen and oxygen atoms in total. The van der Waals surface area contributed by atoms with Crippen LogP contribution in [0.15, 0.2) is 36.5 Å². The third kappa shape index (κ3) is 48.5. The van der Waals surface area contributed by atoms with Crippen molar-refractivity contribution >= 4 is 11.9 Å². The van der Waals surface area contributed by atoms with Crippen LogP contribution in [0.2, 0.25) is 0 Å². The molecular weight excluding hydrogens is 815 g/mol. The Morgan fingerprint density at radius 1 is 0.439 bits per heavy atom. The molecule has 6 heteroatoms. The number of hydrogen-bond acceptors (Lipinski definition) is 5. The molecule has 3 unspecified atom stereocenters. The van der Waals surface area contributed by atoms with Crippen LogP contribution in [0, 0.1) is 0 Å². The van der Waals surface area contributed by atoms with Crippen molar-refractivity contribution in [1.29, 1.82) is 0 Å². The standard InChI is InChI=1S/C60H113NO5/c1-4-7-10-13-16-19-22-25-27-29-30-32-35-38-41-44-47-50-53-60(65)66-56(51-48-45-42-39-36-34-31-28-26-23-20-17-14-11-8-5-2)54-59(64)61-57(55-62)58(63)52-49-46-43-40-37-33-24-21-18-15-12-9-6-3/h27,29-30,32,34,36,56-58,62-63H,4-26,28,31,33,35,37-55H2,1-3H3,(H,61,64)/b29-27+,32-30+,36-34+. The summed E-state index contributed by atoms with van der Waals surface area (Å²) in [5, 5.41) is 23.9. The van der Waals surface area contributed by atoms with Crippen molar-refractivity contribution in [2.24, 2.45) is 0 Å². The molecule has 0 aliphatic rings. The zero-order chi connectivity index (χ0) is 48.1. The number of unbranched alkanes of at least 4 members (excludes halogenated alkanes) is 36. The summed E-state index contributed by atoms with van der Waals surface area (Å²) in [6.07, 6.45) is 64.9. The quantitative estimate of drug-likeness (QED) is 0.0244. The van der Waals surface area contributed by atoms with Gasteiger partial charge in [0, 0.05) is 6.42 Å². The number of hydrogen-bond donors (Lipinski definition) is 3. The number of carbonyl (C=O) groups excluding carboxylic acids is 2. The summed E-state index contributed by atoms with van der Waals surface area (Å²) in [6.45, 7) is 6.50. The fourth-order valence-electron chi connectivity index (χ4n) is 9.01. The molecule has 0 aromatic rings. The van der Waals surface area contributed by atoms with E-state index in [0.717, 1.165) is 77.0 Å². The summed E-state index contributed by atoms with van der Waals surface area (Å²) in [6, 6.07) is -0.708. The van der Waals surface area contributed by atoms with E-state index >= 15 is 0 Å². The van der Waals surface area contributed by atoms with Gasteiger partial charge in [0.05, 0.1) is 25.2 Å². The highest BCUT2D eigenvalue weighted by Gasteiger charge is 2.24. The zero-order valence-electron chi connectivity index (χ0n) is 44.3. The molecule has 0 fully saturated rings. The molecule has 3 atom stereocenters. The number of carbonyl (C=O) groups is 2. The third-order valence-corrected chi connectivity index (χ3v) is 13.5. The molecule has 0 bridgehead atoms. The molecular formula is C60H113NO5. The van der Waals surface area contributed by atoms with Gasteiger partial charge in [-0.25, -0.2) is 0 Å². The largest absolute Gasteiger partial charge is 0.462 e. The molecule has 66 heavy (non-hydrogen) atoms. The highest BCUT2D eigenvalue weighted by atomic mass is 16.5. The van der Waals surface area contributed by atoms with Crippen molar-refractivity contribution in [3.8, 4) is 0 Å². The molecule has 0 saturated heterocycles. The Morgan fingerprint density at radius 3 is 1.18 bits per heavy atom. The Kier molecular flexibility index (Phi) is 52.5. The van der Waals surface area contributed by atoms with Crippen LogP contribution in [0.1, 0.15) is 310 Å². The molecule has 0 radical (unpaired) electrons. The van der Waals surface area contributed by atoms with Crippen LogP contribution < -0.4 is 5.32 Å². The van der Waals surface area contributed by atoms with Gasteiger partial charge >= 0.3 is 5.97 Å². The van der Waals surface area contributed by atoms with Gasteiger partial charge in [-0.1, -0.05) is 256 Å². The summed E-state index contributed by atoms with van der Waals surface area (Å²) < 4.78 is 5.95. The Hall–Kier alpha value is -1.92. The number of amides is 1. The maximum Gasteiger partial charge on any atom is 0.306 e. The van der Waals surface area contributed by atoms with Crippen molar-refractivity contribution in [3.63, 3.8) is 0 Å². The van der Waals surface area contributed by atoms with Gasteiger partial charge in [-0.15, -0.1) is 0 Å². The lowest BCUT2D eigenvalue weighted by molar-refractivity contribution is -0.151. The average Bonchev–Trinajstić information content (AvgIpc) is 3.31. The first-order valence-electron chi connectivity index (χ1n) is 29.2.